The zero-order chi connectivity index (χ0) is 22.1. The Balaban J connectivity index is 0.00000272. The van der Waals surface area contributed by atoms with Crippen LogP contribution in [0.4, 0.5) is 0 Å². The number of nitrogens with one attached hydrogen (secondary N) is 2. The number of methoxy groups -OCH3 is 2. The Morgan fingerprint density at radius 2 is 1.26 bits per heavy atom. The largest absolute Gasteiger partial charge is 0.496 e. The smallest absolute Gasteiger partial charge is 0.123 e. The Kier molecular flexibility index (Phi) is 8.27. The molecule has 0 aromatic heterocycles. The maximum Gasteiger partial charge on any atom is 0.123 e. The Morgan fingerprint density at radius 3 is 1.77 bits per heavy atom. The Bertz CT molecular complexity index is 983. The second kappa shape index (κ2) is 11.3. The van der Waals surface area contributed by atoms with Crippen molar-refractivity contribution in [1.29, 1.82) is 0 Å². The molecule has 0 saturated carbocycles. The number of hydrogen-bond donors (Lipinski definition) is 2. The monoisotopic (exact) mass is 420 g/mol. The molecule has 0 aliphatic heterocycles. The fraction of sp³-hybridized carbons (Fsp3) is 0.259. The van der Waals surface area contributed by atoms with Crippen LogP contribution in [-0.2, 0) is 13.1 Å². The highest BCUT2D eigenvalue weighted by Gasteiger charge is 2.24. The lowest BCUT2D eigenvalue weighted by atomic mass is 9.94. The fourth-order valence-electron chi connectivity index (χ4n) is 3.80. The van der Waals surface area contributed by atoms with E-state index < -0.39 is 0 Å². The topological polar surface area (TPSA) is 42.5 Å². The molecule has 31 heavy (non-hydrogen) atoms. The van der Waals surface area contributed by atoms with E-state index in [1.165, 1.54) is 5.56 Å². The third-order valence-corrected chi connectivity index (χ3v) is 5.43. The van der Waals surface area contributed by atoms with Gasteiger partial charge in [-0.1, -0.05) is 78.9 Å². The van der Waals surface area contributed by atoms with Gasteiger partial charge < -0.3 is 20.1 Å². The van der Waals surface area contributed by atoms with Crippen LogP contribution in [0.15, 0.2) is 91.0 Å². The van der Waals surface area contributed by atoms with Gasteiger partial charge in [-0.2, -0.15) is 0 Å². The molecule has 2 atom stereocenters. The lowest BCUT2D eigenvalue weighted by Crippen LogP contribution is -2.42. The highest BCUT2D eigenvalue weighted by Crippen LogP contribution is 2.25. The van der Waals surface area contributed by atoms with Crippen molar-refractivity contribution in [3.8, 4) is 11.5 Å². The molecule has 0 heterocycles. The Morgan fingerprint density at radius 1 is 0.774 bits per heavy atom. The first-order valence-electron chi connectivity index (χ1n) is 10.5. The minimum atomic E-state index is 0. The molecule has 3 rings (SSSR count). The van der Waals surface area contributed by atoms with Gasteiger partial charge in [-0.25, -0.2) is 0 Å². The van der Waals surface area contributed by atoms with Gasteiger partial charge in [0.1, 0.15) is 11.5 Å². The first-order chi connectivity index (χ1) is 15.1. The number of ether oxygens (including phenoxy) is 2. The van der Waals surface area contributed by atoms with E-state index >= 15 is 0 Å². The first-order valence-corrected chi connectivity index (χ1v) is 10.5. The molecule has 0 bridgehead atoms. The minimum Gasteiger partial charge on any atom is -0.496 e. The summed E-state index contributed by atoms with van der Waals surface area (Å²) in [5, 5.41) is 7.44. The van der Waals surface area contributed by atoms with Gasteiger partial charge in [0.15, 0.2) is 0 Å². The van der Waals surface area contributed by atoms with Crippen LogP contribution in [0, 0.1) is 0 Å². The number of para-hydroxylation sites is 2. The number of benzene rings is 3. The molecule has 4 nitrogen and oxygen atoms in total. The van der Waals surface area contributed by atoms with Crippen molar-refractivity contribution in [3.05, 3.63) is 108 Å². The van der Waals surface area contributed by atoms with Crippen LogP contribution < -0.4 is 20.1 Å². The predicted octanol–water partition coefficient (Wildman–Crippen LogP) is 5.76. The Labute approximate surface area is 188 Å². The van der Waals surface area contributed by atoms with Crippen molar-refractivity contribution in [2.24, 2.45) is 0 Å². The highest BCUT2D eigenvalue weighted by molar-refractivity contribution is 5.35. The van der Waals surface area contributed by atoms with E-state index in [1.807, 2.05) is 42.5 Å². The summed E-state index contributed by atoms with van der Waals surface area (Å²) in [7, 11) is 3.41. The third kappa shape index (κ3) is 5.97. The van der Waals surface area contributed by atoms with Crippen molar-refractivity contribution in [3.63, 3.8) is 0 Å². The minimum absolute atomic E-state index is 0. The molecule has 0 aliphatic rings. The van der Waals surface area contributed by atoms with Gasteiger partial charge in [0, 0.05) is 33.1 Å². The fourth-order valence-corrected chi connectivity index (χ4v) is 3.80. The SMILES string of the molecule is C=C(C)[C@H](NCc1ccccc1OC)[C@@H](NCc1ccccc1OC)c1ccccc1.[HH].[HH]. The van der Waals surface area contributed by atoms with Crippen LogP contribution >= 0.6 is 0 Å². The van der Waals surface area contributed by atoms with Gasteiger partial charge in [-0.05, 0) is 24.6 Å². The van der Waals surface area contributed by atoms with Gasteiger partial charge >= 0.3 is 0 Å². The van der Waals surface area contributed by atoms with Gasteiger partial charge in [-0.15, -0.1) is 0 Å². The summed E-state index contributed by atoms with van der Waals surface area (Å²) in [4.78, 5) is 0. The van der Waals surface area contributed by atoms with Crippen LogP contribution in [0.3, 0.4) is 0 Å². The molecule has 3 aromatic carbocycles. The van der Waals surface area contributed by atoms with Crippen molar-refractivity contribution in [1.82, 2.24) is 10.6 Å². The van der Waals surface area contributed by atoms with Crippen LogP contribution in [0.25, 0.3) is 0 Å². The molecular weight excluding hydrogens is 384 g/mol. The maximum absolute atomic E-state index is 5.54. The molecule has 0 amide bonds. The van der Waals surface area contributed by atoms with Crippen LogP contribution in [-0.4, -0.2) is 20.3 Å². The average Bonchev–Trinajstić information content (AvgIpc) is 2.81. The van der Waals surface area contributed by atoms with Gasteiger partial charge in [0.05, 0.1) is 20.3 Å². The third-order valence-electron chi connectivity index (χ3n) is 5.43. The van der Waals surface area contributed by atoms with Crippen LogP contribution in [0.1, 0.15) is 32.5 Å². The molecule has 2 N–H and O–H groups in total. The van der Waals surface area contributed by atoms with Crippen molar-refractivity contribution >= 4 is 0 Å². The molecule has 0 unspecified atom stereocenters. The molecule has 0 radical (unpaired) electrons. The summed E-state index contributed by atoms with van der Waals surface area (Å²) in [6, 6.07) is 26.8. The summed E-state index contributed by atoms with van der Waals surface area (Å²) in [5.74, 6) is 1.77. The van der Waals surface area contributed by atoms with E-state index in [0.717, 1.165) is 28.2 Å². The van der Waals surface area contributed by atoms with Crippen LogP contribution in [0.5, 0.6) is 11.5 Å². The summed E-state index contributed by atoms with van der Waals surface area (Å²) in [5.41, 5.74) is 4.51. The second-order valence-corrected chi connectivity index (χ2v) is 7.60. The lowest BCUT2D eigenvalue weighted by Gasteiger charge is -2.31. The second-order valence-electron chi connectivity index (χ2n) is 7.60. The summed E-state index contributed by atoms with van der Waals surface area (Å²) >= 11 is 0. The van der Waals surface area contributed by atoms with E-state index in [4.69, 9.17) is 9.47 Å². The molecule has 0 spiro atoms. The van der Waals surface area contributed by atoms with Gasteiger partial charge in [0.2, 0.25) is 0 Å². The summed E-state index contributed by atoms with van der Waals surface area (Å²) in [6.07, 6.45) is 0. The molecule has 0 aliphatic carbocycles. The zero-order valence-corrected chi connectivity index (χ0v) is 18.6. The molecular formula is C27H36N2O2. The predicted molar refractivity (Wildman–Crippen MR) is 132 cm³/mol. The van der Waals surface area contributed by atoms with Crippen LogP contribution in [0.2, 0.25) is 0 Å². The van der Waals surface area contributed by atoms with Crippen molar-refractivity contribution in [2.75, 3.05) is 14.2 Å². The molecule has 4 heteroatoms. The maximum atomic E-state index is 5.54. The van der Waals surface area contributed by atoms with Crippen molar-refractivity contribution in [2.45, 2.75) is 32.1 Å². The summed E-state index contributed by atoms with van der Waals surface area (Å²) in [6.45, 7) is 7.72. The van der Waals surface area contributed by atoms with E-state index in [0.29, 0.717) is 13.1 Å². The standard InChI is InChI=1S/C27H32N2O2.2H2/c1-20(2)26(28-18-22-14-8-10-16-24(22)30-3)27(21-12-6-5-7-13-21)29-19-23-15-9-11-17-25(23)31-4;;/h5-17,26-29H,1,18-19H2,2-4H3;2*1H/t26-,27-;;/m0../s1. The van der Waals surface area contributed by atoms with Gasteiger partial charge in [-0.3, -0.25) is 0 Å². The lowest BCUT2D eigenvalue weighted by molar-refractivity contribution is 0.383. The molecule has 0 fully saturated rings. The van der Waals surface area contributed by atoms with E-state index in [2.05, 4.69) is 60.5 Å². The normalized spacial score (nSPS) is 12.7. The first kappa shape index (κ1) is 22.6. The highest BCUT2D eigenvalue weighted by atomic mass is 16.5. The molecule has 166 valence electrons. The molecule has 0 saturated heterocycles. The number of hydrogen-bond acceptors (Lipinski definition) is 4. The van der Waals surface area contributed by atoms with E-state index in [9.17, 15) is 0 Å². The van der Waals surface area contributed by atoms with Crippen molar-refractivity contribution < 1.29 is 12.3 Å². The van der Waals surface area contributed by atoms with Gasteiger partial charge in [0.25, 0.3) is 0 Å². The molecule has 3 aromatic rings. The van der Waals surface area contributed by atoms with E-state index in [-0.39, 0.29) is 14.9 Å². The summed E-state index contributed by atoms with van der Waals surface area (Å²) < 4.78 is 11.1. The average molecular weight is 421 g/mol. The van der Waals surface area contributed by atoms with E-state index in [1.54, 1.807) is 14.2 Å². The number of rotatable bonds is 11. The zero-order valence-electron chi connectivity index (χ0n) is 18.6. The quantitative estimate of drug-likeness (QED) is 0.387. The Hall–Kier alpha value is -3.08.